The second-order valence-electron chi connectivity index (χ2n) is 4.64. The smallest absolute Gasteiger partial charge is 0.337 e. The molecular formula is C14H16O4. The van der Waals surface area contributed by atoms with Crippen LogP contribution in [-0.2, 0) is 20.7 Å². The molecule has 1 saturated carbocycles. The lowest BCUT2D eigenvalue weighted by atomic mass is 9.96. The molecule has 0 amide bonds. The average molecular weight is 248 g/mol. The molecule has 18 heavy (non-hydrogen) atoms. The lowest BCUT2D eigenvalue weighted by molar-refractivity contribution is -0.147. The first-order chi connectivity index (χ1) is 8.61. The van der Waals surface area contributed by atoms with Crippen LogP contribution in [0.3, 0.4) is 0 Å². The molecule has 1 fully saturated rings. The second-order valence-corrected chi connectivity index (χ2v) is 4.64. The number of hydrogen-bond donors (Lipinski definition) is 0. The maximum atomic E-state index is 11.6. The van der Waals surface area contributed by atoms with E-state index in [4.69, 9.17) is 4.74 Å². The molecule has 0 atom stereocenters. The third kappa shape index (κ3) is 2.37. The van der Waals surface area contributed by atoms with Crippen LogP contribution in [-0.4, -0.2) is 26.2 Å². The minimum absolute atomic E-state index is 0.139. The van der Waals surface area contributed by atoms with Gasteiger partial charge in [-0.05, 0) is 37.0 Å². The Morgan fingerprint density at radius 3 is 2.17 bits per heavy atom. The van der Waals surface area contributed by atoms with Crippen molar-refractivity contribution in [3.8, 4) is 0 Å². The van der Waals surface area contributed by atoms with Crippen LogP contribution in [0.5, 0.6) is 0 Å². The molecule has 2 rings (SSSR count). The lowest BCUT2D eigenvalue weighted by Crippen LogP contribution is -2.20. The van der Waals surface area contributed by atoms with Crippen molar-refractivity contribution in [2.75, 3.05) is 14.2 Å². The number of benzene rings is 1. The summed E-state index contributed by atoms with van der Waals surface area (Å²) in [6, 6.07) is 7.15. The summed E-state index contributed by atoms with van der Waals surface area (Å²) in [6.45, 7) is 0. The van der Waals surface area contributed by atoms with Gasteiger partial charge in [0.15, 0.2) is 0 Å². The molecule has 4 nitrogen and oxygen atoms in total. The molecule has 0 spiro atoms. The first-order valence-electron chi connectivity index (χ1n) is 5.87. The van der Waals surface area contributed by atoms with Gasteiger partial charge in [-0.2, -0.15) is 0 Å². The fourth-order valence-corrected chi connectivity index (χ4v) is 2.09. The highest BCUT2D eigenvalue weighted by Gasteiger charge is 2.50. The Bertz CT molecular complexity index is 457. The fourth-order valence-electron chi connectivity index (χ4n) is 2.09. The number of ether oxygens (including phenoxy) is 2. The van der Waals surface area contributed by atoms with Gasteiger partial charge in [0, 0.05) is 0 Å². The van der Waals surface area contributed by atoms with Gasteiger partial charge in [-0.3, -0.25) is 4.79 Å². The maximum Gasteiger partial charge on any atom is 0.337 e. The van der Waals surface area contributed by atoms with Crippen molar-refractivity contribution in [3.63, 3.8) is 0 Å². The van der Waals surface area contributed by atoms with Crippen molar-refractivity contribution in [2.45, 2.75) is 19.3 Å². The van der Waals surface area contributed by atoms with Gasteiger partial charge in [0.05, 0.1) is 25.2 Å². The van der Waals surface area contributed by atoms with E-state index in [1.165, 1.54) is 14.2 Å². The molecular weight excluding hydrogens is 232 g/mol. The monoisotopic (exact) mass is 248 g/mol. The predicted molar refractivity (Wildman–Crippen MR) is 65.2 cm³/mol. The first kappa shape index (κ1) is 12.6. The summed E-state index contributed by atoms with van der Waals surface area (Å²) < 4.78 is 9.45. The molecule has 0 radical (unpaired) electrons. The zero-order valence-corrected chi connectivity index (χ0v) is 10.6. The minimum Gasteiger partial charge on any atom is -0.469 e. The highest BCUT2D eigenvalue weighted by molar-refractivity contribution is 5.89. The normalized spacial score (nSPS) is 15.9. The Hall–Kier alpha value is -1.84. The number of carbonyl (C=O) groups excluding carboxylic acids is 2. The Morgan fingerprint density at radius 1 is 1.11 bits per heavy atom. The number of esters is 2. The number of rotatable bonds is 4. The van der Waals surface area contributed by atoms with Crippen molar-refractivity contribution in [1.82, 2.24) is 0 Å². The van der Waals surface area contributed by atoms with Crippen LogP contribution in [0.1, 0.15) is 28.8 Å². The lowest BCUT2D eigenvalue weighted by Gasteiger charge is -2.12. The molecule has 0 unspecified atom stereocenters. The van der Waals surface area contributed by atoms with Gasteiger partial charge < -0.3 is 9.47 Å². The molecule has 1 aromatic carbocycles. The van der Waals surface area contributed by atoms with Crippen LogP contribution in [0.15, 0.2) is 24.3 Å². The summed E-state index contributed by atoms with van der Waals surface area (Å²) in [5, 5.41) is 0. The fraction of sp³-hybridized carbons (Fsp3) is 0.429. The van der Waals surface area contributed by atoms with Gasteiger partial charge in [-0.15, -0.1) is 0 Å². The van der Waals surface area contributed by atoms with Gasteiger partial charge in [0.2, 0.25) is 0 Å². The summed E-state index contributed by atoms with van der Waals surface area (Å²) in [5.41, 5.74) is 1.22. The summed E-state index contributed by atoms with van der Waals surface area (Å²) >= 11 is 0. The molecule has 0 aromatic heterocycles. The van der Waals surface area contributed by atoms with Crippen LogP contribution in [0, 0.1) is 5.41 Å². The Labute approximate surface area is 106 Å². The van der Waals surface area contributed by atoms with E-state index in [0.717, 1.165) is 18.4 Å². The summed E-state index contributed by atoms with van der Waals surface area (Å²) in [6.07, 6.45) is 2.41. The number of hydrogen-bond acceptors (Lipinski definition) is 4. The largest absolute Gasteiger partial charge is 0.469 e. The van der Waals surface area contributed by atoms with E-state index in [1.54, 1.807) is 12.1 Å². The van der Waals surface area contributed by atoms with Gasteiger partial charge in [-0.1, -0.05) is 12.1 Å². The predicted octanol–water partition coefficient (Wildman–Crippen LogP) is 1.97. The Kier molecular flexibility index (Phi) is 3.36. The summed E-state index contributed by atoms with van der Waals surface area (Å²) in [4.78, 5) is 22.9. The zero-order valence-electron chi connectivity index (χ0n) is 10.6. The van der Waals surface area contributed by atoms with Crippen molar-refractivity contribution >= 4 is 11.9 Å². The van der Waals surface area contributed by atoms with E-state index < -0.39 is 0 Å². The van der Waals surface area contributed by atoms with E-state index in [9.17, 15) is 9.59 Å². The van der Waals surface area contributed by atoms with Crippen LogP contribution >= 0.6 is 0 Å². The topological polar surface area (TPSA) is 52.6 Å². The van der Waals surface area contributed by atoms with Crippen molar-refractivity contribution in [2.24, 2.45) is 5.41 Å². The van der Waals surface area contributed by atoms with Crippen LogP contribution in [0.4, 0.5) is 0 Å². The van der Waals surface area contributed by atoms with E-state index >= 15 is 0 Å². The van der Waals surface area contributed by atoms with Crippen LogP contribution in [0.2, 0.25) is 0 Å². The van der Waals surface area contributed by atoms with Crippen molar-refractivity contribution in [3.05, 3.63) is 35.4 Å². The van der Waals surface area contributed by atoms with Gasteiger partial charge in [0.25, 0.3) is 0 Å². The molecule has 1 aliphatic rings. The summed E-state index contributed by atoms with van der Waals surface area (Å²) in [5.74, 6) is -0.491. The second kappa shape index (κ2) is 4.80. The highest BCUT2D eigenvalue weighted by atomic mass is 16.5. The Morgan fingerprint density at radius 2 is 1.72 bits per heavy atom. The van der Waals surface area contributed by atoms with Crippen LogP contribution < -0.4 is 0 Å². The van der Waals surface area contributed by atoms with E-state index in [-0.39, 0.29) is 17.4 Å². The maximum absolute atomic E-state index is 11.6. The van der Waals surface area contributed by atoms with E-state index in [0.29, 0.717) is 12.0 Å². The molecule has 0 saturated heterocycles. The Balaban J connectivity index is 2.07. The van der Waals surface area contributed by atoms with Gasteiger partial charge >= 0.3 is 11.9 Å². The third-order valence-corrected chi connectivity index (χ3v) is 3.39. The SMILES string of the molecule is COC(=O)c1ccc(CC2(C(=O)OC)CC2)cc1. The van der Waals surface area contributed by atoms with Gasteiger partial charge in [-0.25, -0.2) is 4.79 Å². The molecule has 0 aliphatic heterocycles. The van der Waals surface area contributed by atoms with E-state index in [2.05, 4.69) is 4.74 Å². The van der Waals surface area contributed by atoms with Gasteiger partial charge in [0.1, 0.15) is 0 Å². The van der Waals surface area contributed by atoms with Crippen molar-refractivity contribution in [1.29, 1.82) is 0 Å². The van der Waals surface area contributed by atoms with Crippen molar-refractivity contribution < 1.29 is 19.1 Å². The quantitative estimate of drug-likeness (QED) is 0.764. The molecule has 0 heterocycles. The van der Waals surface area contributed by atoms with E-state index in [1.807, 2.05) is 12.1 Å². The molecule has 96 valence electrons. The average Bonchev–Trinajstić information content (AvgIpc) is 3.18. The summed E-state index contributed by atoms with van der Waals surface area (Å²) in [7, 11) is 2.77. The minimum atomic E-state index is -0.351. The molecule has 4 heteroatoms. The number of carbonyl (C=O) groups is 2. The molecule has 1 aliphatic carbocycles. The highest BCUT2D eigenvalue weighted by Crippen LogP contribution is 2.49. The molecule has 1 aromatic rings. The standard InChI is InChI=1S/C14H16O4/c1-17-12(15)11-5-3-10(4-6-11)9-14(7-8-14)13(16)18-2/h3-6H,7-9H2,1-2H3. The first-order valence-corrected chi connectivity index (χ1v) is 5.87. The zero-order chi connectivity index (χ0) is 13.2. The third-order valence-electron chi connectivity index (χ3n) is 3.39. The number of methoxy groups -OCH3 is 2. The molecule has 0 N–H and O–H groups in total. The molecule has 0 bridgehead atoms. The van der Waals surface area contributed by atoms with Crippen LogP contribution in [0.25, 0.3) is 0 Å².